The van der Waals surface area contributed by atoms with E-state index >= 15 is 0 Å². The topological polar surface area (TPSA) is 63.9 Å². The number of hydrogen-bond acceptors (Lipinski definition) is 3. The van der Waals surface area contributed by atoms with E-state index in [1.165, 1.54) is 0 Å². The molecule has 3 N–H and O–H groups in total. The molecule has 0 bridgehead atoms. The zero-order chi connectivity index (χ0) is 13.1. The minimum absolute atomic E-state index is 0.569. The van der Waals surface area contributed by atoms with E-state index in [1.54, 1.807) is 13.2 Å². The summed E-state index contributed by atoms with van der Waals surface area (Å²) in [5.41, 5.74) is 8.27. The first-order valence-corrected chi connectivity index (χ1v) is 6.13. The molecule has 1 aromatic carbocycles. The van der Waals surface area contributed by atoms with Crippen molar-refractivity contribution in [2.24, 2.45) is 5.73 Å². The molecule has 5 heteroatoms. The van der Waals surface area contributed by atoms with Crippen LogP contribution in [0.1, 0.15) is 11.5 Å². The molecule has 2 rings (SSSR count). The van der Waals surface area contributed by atoms with Crippen molar-refractivity contribution in [1.82, 2.24) is 9.97 Å². The second-order valence-electron chi connectivity index (χ2n) is 4.04. The van der Waals surface area contributed by atoms with Crippen molar-refractivity contribution in [1.29, 1.82) is 0 Å². The average molecular weight is 266 g/mol. The number of nitrogens with one attached hydrogen (secondary N) is 1. The van der Waals surface area contributed by atoms with Gasteiger partial charge in [0.15, 0.2) is 0 Å². The SMILES string of the molecule is COc1ccc(Cl)cc1-c1nc(CCN)[nH]c1C. The van der Waals surface area contributed by atoms with Crippen molar-refractivity contribution in [3.63, 3.8) is 0 Å². The molecule has 0 fully saturated rings. The standard InChI is InChI=1S/C13H16ClN3O/c1-8-13(17-12(16-8)5-6-15)10-7-9(14)3-4-11(10)18-2/h3-4,7H,5-6,15H2,1-2H3,(H,16,17). The lowest BCUT2D eigenvalue weighted by atomic mass is 10.1. The lowest BCUT2D eigenvalue weighted by molar-refractivity contribution is 0.416. The predicted octanol–water partition coefficient (Wildman–Crippen LogP) is 2.55. The van der Waals surface area contributed by atoms with Crippen LogP contribution in [0.4, 0.5) is 0 Å². The maximum absolute atomic E-state index is 6.03. The van der Waals surface area contributed by atoms with Gasteiger partial charge in [-0.25, -0.2) is 4.98 Å². The Kier molecular flexibility index (Phi) is 3.89. The molecule has 0 aliphatic rings. The lowest BCUT2D eigenvalue weighted by Gasteiger charge is -2.07. The van der Waals surface area contributed by atoms with Crippen molar-refractivity contribution in [2.75, 3.05) is 13.7 Å². The van der Waals surface area contributed by atoms with Gasteiger partial charge in [-0.1, -0.05) is 11.6 Å². The molecule has 0 amide bonds. The summed E-state index contributed by atoms with van der Waals surface area (Å²) in [6, 6.07) is 5.50. The second kappa shape index (κ2) is 5.42. The highest BCUT2D eigenvalue weighted by Crippen LogP contribution is 2.33. The van der Waals surface area contributed by atoms with Crippen molar-refractivity contribution < 1.29 is 4.74 Å². The number of nitrogens with zero attached hydrogens (tertiary/aromatic N) is 1. The molecule has 1 aromatic heterocycles. The van der Waals surface area contributed by atoms with Crippen LogP contribution >= 0.6 is 11.6 Å². The van der Waals surface area contributed by atoms with Crippen LogP contribution in [0.2, 0.25) is 5.02 Å². The van der Waals surface area contributed by atoms with Crippen LogP contribution in [-0.4, -0.2) is 23.6 Å². The van der Waals surface area contributed by atoms with Gasteiger partial charge >= 0.3 is 0 Å². The van der Waals surface area contributed by atoms with E-state index in [0.29, 0.717) is 11.6 Å². The number of aryl methyl sites for hydroxylation is 1. The van der Waals surface area contributed by atoms with Gasteiger partial charge in [0, 0.05) is 22.7 Å². The number of aromatic amines is 1. The molecule has 0 saturated carbocycles. The van der Waals surface area contributed by atoms with E-state index in [0.717, 1.165) is 34.9 Å². The molecule has 0 aliphatic heterocycles. The van der Waals surface area contributed by atoms with Gasteiger partial charge in [-0.3, -0.25) is 0 Å². The molecule has 4 nitrogen and oxygen atoms in total. The van der Waals surface area contributed by atoms with E-state index in [9.17, 15) is 0 Å². The van der Waals surface area contributed by atoms with Crippen LogP contribution in [0.5, 0.6) is 5.75 Å². The van der Waals surface area contributed by atoms with Gasteiger partial charge < -0.3 is 15.5 Å². The van der Waals surface area contributed by atoms with E-state index in [4.69, 9.17) is 22.1 Å². The number of nitrogens with two attached hydrogens (primary N) is 1. The van der Waals surface area contributed by atoms with Crippen molar-refractivity contribution in [3.05, 3.63) is 34.7 Å². The Balaban J connectivity index is 2.50. The summed E-state index contributed by atoms with van der Waals surface area (Å²) in [5.74, 6) is 1.64. The van der Waals surface area contributed by atoms with E-state index in [1.807, 2.05) is 19.1 Å². The largest absolute Gasteiger partial charge is 0.496 e. The fraction of sp³-hybridized carbons (Fsp3) is 0.308. The first-order valence-electron chi connectivity index (χ1n) is 5.75. The Morgan fingerprint density at radius 2 is 2.22 bits per heavy atom. The molecule has 0 aliphatic carbocycles. The number of rotatable bonds is 4. The molecule has 0 unspecified atom stereocenters. The number of ether oxygens (including phenoxy) is 1. The Labute approximate surface area is 111 Å². The number of benzene rings is 1. The third-order valence-electron chi connectivity index (χ3n) is 2.73. The minimum atomic E-state index is 0.569. The maximum Gasteiger partial charge on any atom is 0.128 e. The normalized spacial score (nSPS) is 10.7. The van der Waals surface area contributed by atoms with E-state index in [2.05, 4.69) is 9.97 Å². The summed E-state index contributed by atoms with van der Waals surface area (Å²) in [6.07, 6.45) is 0.726. The number of H-pyrrole nitrogens is 1. The van der Waals surface area contributed by atoms with Crippen LogP contribution in [0.3, 0.4) is 0 Å². The predicted molar refractivity (Wildman–Crippen MR) is 73.1 cm³/mol. The molecule has 2 aromatic rings. The Morgan fingerprint density at radius 3 is 2.89 bits per heavy atom. The summed E-state index contributed by atoms with van der Waals surface area (Å²) in [4.78, 5) is 7.77. The Bertz CT molecular complexity index is 551. The molecular formula is C13H16ClN3O. The van der Waals surface area contributed by atoms with E-state index in [-0.39, 0.29) is 0 Å². The smallest absolute Gasteiger partial charge is 0.128 e. The fourth-order valence-electron chi connectivity index (χ4n) is 1.91. The summed E-state index contributed by atoms with van der Waals surface area (Å²) in [5, 5.41) is 0.661. The number of imidazole rings is 1. The molecule has 96 valence electrons. The molecule has 0 atom stereocenters. The second-order valence-corrected chi connectivity index (χ2v) is 4.48. The molecule has 0 saturated heterocycles. The summed E-state index contributed by atoms with van der Waals surface area (Å²) in [6.45, 7) is 2.54. The highest BCUT2D eigenvalue weighted by atomic mass is 35.5. The van der Waals surface area contributed by atoms with Crippen molar-refractivity contribution in [2.45, 2.75) is 13.3 Å². The van der Waals surface area contributed by atoms with Gasteiger partial charge in [0.25, 0.3) is 0 Å². The first-order chi connectivity index (χ1) is 8.65. The Hall–Kier alpha value is -1.52. The maximum atomic E-state index is 6.03. The molecule has 0 spiro atoms. The monoisotopic (exact) mass is 265 g/mol. The third-order valence-corrected chi connectivity index (χ3v) is 2.97. The van der Waals surface area contributed by atoms with Crippen LogP contribution in [0, 0.1) is 6.92 Å². The quantitative estimate of drug-likeness (QED) is 0.893. The van der Waals surface area contributed by atoms with Gasteiger partial charge in [-0.15, -0.1) is 0 Å². The van der Waals surface area contributed by atoms with Gasteiger partial charge in [-0.2, -0.15) is 0 Å². The van der Waals surface area contributed by atoms with Gasteiger partial charge in [0.05, 0.1) is 12.8 Å². The minimum Gasteiger partial charge on any atom is -0.496 e. The van der Waals surface area contributed by atoms with Crippen LogP contribution in [0.25, 0.3) is 11.3 Å². The highest BCUT2D eigenvalue weighted by Gasteiger charge is 2.13. The van der Waals surface area contributed by atoms with Crippen molar-refractivity contribution in [3.8, 4) is 17.0 Å². The highest BCUT2D eigenvalue weighted by molar-refractivity contribution is 6.31. The fourth-order valence-corrected chi connectivity index (χ4v) is 2.08. The van der Waals surface area contributed by atoms with Gasteiger partial charge in [0.1, 0.15) is 11.6 Å². The number of aromatic nitrogens is 2. The number of methoxy groups -OCH3 is 1. The summed E-state index contributed by atoms with van der Waals surface area (Å²) < 4.78 is 5.34. The van der Waals surface area contributed by atoms with Crippen LogP contribution in [-0.2, 0) is 6.42 Å². The molecule has 0 radical (unpaired) electrons. The van der Waals surface area contributed by atoms with Crippen LogP contribution < -0.4 is 10.5 Å². The number of hydrogen-bond donors (Lipinski definition) is 2. The molecular weight excluding hydrogens is 250 g/mol. The number of halogens is 1. The van der Waals surface area contributed by atoms with E-state index < -0.39 is 0 Å². The summed E-state index contributed by atoms with van der Waals surface area (Å²) >= 11 is 6.03. The van der Waals surface area contributed by atoms with Crippen LogP contribution in [0.15, 0.2) is 18.2 Å². The van der Waals surface area contributed by atoms with Crippen molar-refractivity contribution >= 4 is 11.6 Å². The Morgan fingerprint density at radius 1 is 1.44 bits per heavy atom. The molecule has 18 heavy (non-hydrogen) atoms. The summed E-state index contributed by atoms with van der Waals surface area (Å²) in [7, 11) is 1.63. The third kappa shape index (κ3) is 2.49. The zero-order valence-electron chi connectivity index (χ0n) is 10.5. The first kappa shape index (κ1) is 12.9. The lowest BCUT2D eigenvalue weighted by Crippen LogP contribution is -2.03. The average Bonchev–Trinajstić information content (AvgIpc) is 2.70. The molecule has 1 heterocycles. The van der Waals surface area contributed by atoms with Gasteiger partial charge in [-0.05, 0) is 31.7 Å². The van der Waals surface area contributed by atoms with Gasteiger partial charge in [0.2, 0.25) is 0 Å². The zero-order valence-corrected chi connectivity index (χ0v) is 11.2.